The first-order valence-corrected chi connectivity index (χ1v) is 9.59. The van der Waals surface area contributed by atoms with Crippen LogP contribution in [0.2, 0.25) is 11.6 Å². The Morgan fingerprint density at radius 1 is 1.00 bits per heavy atom. The van der Waals surface area contributed by atoms with E-state index in [1.165, 1.54) is 0 Å². The van der Waals surface area contributed by atoms with Crippen LogP contribution in [0.15, 0.2) is 0 Å². The lowest BCUT2D eigenvalue weighted by Crippen LogP contribution is -2.53. The minimum Gasteiger partial charge on any atom is -0.444 e. The first-order valence-electron chi connectivity index (χ1n) is 6.45. The van der Waals surface area contributed by atoms with E-state index in [0.29, 0.717) is 0 Å². The van der Waals surface area contributed by atoms with E-state index in [1.54, 1.807) is 0 Å². The van der Waals surface area contributed by atoms with Gasteiger partial charge >= 0.3 is 8.56 Å². The predicted molar refractivity (Wildman–Crippen MR) is 77.0 cm³/mol. The molecule has 0 rings (SSSR count). The minimum absolute atomic E-state index is 0.0585. The Morgan fingerprint density at radius 3 is 1.69 bits per heavy atom. The molecule has 0 aromatic rings. The fourth-order valence-corrected chi connectivity index (χ4v) is 6.94. The molecule has 0 radical (unpaired) electrons. The third-order valence-corrected chi connectivity index (χ3v) is 11.3. The number of hydrogen-bond acceptors (Lipinski definition) is 2. The smallest absolute Gasteiger partial charge is 0.330 e. The van der Waals surface area contributed by atoms with Crippen molar-refractivity contribution in [2.24, 2.45) is 0 Å². The molecule has 0 aliphatic carbocycles. The third kappa shape index (κ3) is 3.42. The van der Waals surface area contributed by atoms with Crippen LogP contribution in [0.4, 0.5) is 0 Å². The van der Waals surface area contributed by atoms with Gasteiger partial charge in [0.1, 0.15) is 10.5 Å². The summed E-state index contributed by atoms with van der Waals surface area (Å²) in [4.78, 5) is 0. The van der Waals surface area contributed by atoms with Crippen molar-refractivity contribution in [2.75, 3.05) is 0 Å². The quantitative estimate of drug-likeness (QED) is 0.656. The molecule has 16 heavy (non-hydrogen) atoms. The van der Waals surface area contributed by atoms with E-state index in [9.17, 15) is 0 Å². The van der Waals surface area contributed by atoms with Crippen molar-refractivity contribution in [3.8, 4) is 0 Å². The summed E-state index contributed by atoms with van der Waals surface area (Å²) in [5.41, 5.74) is -0.0585. The molecule has 2 nitrogen and oxygen atoms in total. The lowest BCUT2D eigenvalue weighted by Gasteiger charge is -2.46. The topological polar surface area (TPSA) is 18.5 Å². The molecule has 0 bridgehead atoms. The van der Waals surface area contributed by atoms with Crippen LogP contribution in [0.5, 0.6) is 0 Å². The minimum atomic E-state index is -2.07. The van der Waals surface area contributed by atoms with Gasteiger partial charge < -0.3 is 8.54 Å². The van der Waals surface area contributed by atoms with Crippen LogP contribution in [0.3, 0.4) is 0 Å². The van der Waals surface area contributed by atoms with Crippen molar-refractivity contribution in [3.63, 3.8) is 0 Å². The Kier molecular flexibility index (Phi) is 5.93. The van der Waals surface area contributed by atoms with Gasteiger partial charge in [-0.2, -0.15) is 0 Å². The molecular weight excluding hydrogens is 232 g/mol. The second kappa shape index (κ2) is 5.80. The van der Waals surface area contributed by atoms with Crippen LogP contribution < -0.4 is 0 Å². The monoisotopic (exact) mass is 262 g/mol. The van der Waals surface area contributed by atoms with Crippen molar-refractivity contribution < 1.29 is 8.54 Å². The van der Waals surface area contributed by atoms with Crippen LogP contribution in [0.1, 0.15) is 60.8 Å². The van der Waals surface area contributed by atoms with Gasteiger partial charge in [0.25, 0.3) is 0 Å². The summed E-state index contributed by atoms with van der Waals surface area (Å²) < 4.78 is 12.4. The predicted octanol–water partition coefficient (Wildman–Crippen LogP) is 3.14. The van der Waals surface area contributed by atoms with Gasteiger partial charge in [0, 0.05) is 5.04 Å². The Balaban J connectivity index is 5.04. The largest absolute Gasteiger partial charge is 0.444 e. The first-order chi connectivity index (χ1) is 7.20. The first kappa shape index (κ1) is 16.4. The van der Waals surface area contributed by atoms with Gasteiger partial charge in [0.15, 0.2) is 0 Å². The lowest BCUT2D eigenvalue weighted by atomic mass is 10.1. The molecule has 4 heteroatoms. The van der Waals surface area contributed by atoms with Gasteiger partial charge in [-0.1, -0.05) is 27.7 Å². The van der Waals surface area contributed by atoms with Crippen LogP contribution in [0, 0.1) is 0 Å². The van der Waals surface area contributed by atoms with Gasteiger partial charge in [-0.15, -0.1) is 0 Å². The van der Waals surface area contributed by atoms with Gasteiger partial charge in [-0.05, 0) is 39.7 Å². The Bertz CT molecular complexity index is 215. The SMILES string of the molecule is CCC(C)(C)O[Si](C)(O[SiH3])C(C)(CC)CC. The maximum Gasteiger partial charge on any atom is 0.330 e. The fraction of sp³-hybridized carbons (Fsp3) is 1.00. The van der Waals surface area contributed by atoms with E-state index in [-0.39, 0.29) is 10.6 Å². The van der Waals surface area contributed by atoms with Gasteiger partial charge in [-0.25, -0.2) is 0 Å². The van der Waals surface area contributed by atoms with E-state index < -0.39 is 8.56 Å². The van der Waals surface area contributed by atoms with Gasteiger partial charge in [-0.3, -0.25) is 0 Å². The standard InChI is InChI=1S/C12H30O2Si2/c1-8-11(4,5)13-16(7,14-15)12(6,9-2)10-3/h8-10H2,1-7,15H3. The number of rotatable bonds is 7. The summed E-state index contributed by atoms with van der Waals surface area (Å²) in [5.74, 6) is 0. The van der Waals surface area contributed by atoms with Crippen molar-refractivity contribution in [3.05, 3.63) is 0 Å². The zero-order chi connectivity index (χ0) is 13.0. The summed E-state index contributed by atoms with van der Waals surface area (Å²) >= 11 is 0. The molecule has 0 aliphatic heterocycles. The highest BCUT2D eigenvalue weighted by Gasteiger charge is 2.50. The summed E-state index contributed by atoms with van der Waals surface area (Å²) in [5, 5.41) is 0.223. The second-order valence-electron chi connectivity index (χ2n) is 5.63. The van der Waals surface area contributed by atoms with Crippen LogP contribution in [-0.2, 0) is 8.54 Å². The third-order valence-electron chi connectivity index (χ3n) is 4.37. The molecule has 0 aromatic carbocycles. The van der Waals surface area contributed by atoms with Crippen LogP contribution >= 0.6 is 0 Å². The molecule has 0 aromatic heterocycles. The van der Waals surface area contributed by atoms with E-state index >= 15 is 0 Å². The zero-order valence-corrected chi connectivity index (χ0v) is 15.4. The molecule has 98 valence electrons. The van der Waals surface area contributed by atoms with Gasteiger partial charge in [0.05, 0.1) is 5.60 Å². The van der Waals surface area contributed by atoms with Crippen molar-refractivity contribution in [2.45, 2.75) is 78.0 Å². The van der Waals surface area contributed by atoms with Crippen molar-refractivity contribution in [1.82, 2.24) is 0 Å². The maximum absolute atomic E-state index is 6.42. The van der Waals surface area contributed by atoms with Crippen molar-refractivity contribution in [1.29, 1.82) is 0 Å². The Morgan fingerprint density at radius 2 is 1.44 bits per heavy atom. The molecule has 1 atom stereocenters. The molecule has 0 heterocycles. The fourth-order valence-electron chi connectivity index (χ4n) is 1.90. The maximum atomic E-state index is 6.42. The van der Waals surface area contributed by atoms with E-state index in [1.807, 2.05) is 0 Å². The molecule has 0 fully saturated rings. The molecule has 1 unspecified atom stereocenters. The highest BCUT2D eigenvalue weighted by molar-refractivity contribution is 6.72. The Labute approximate surface area is 106 Å². The van der Waals surface area contributed by atoms with Crippen LogP contribution in [-0.4, -0.2) is 24.6 Å². The zero-order valence-electron chi connectivity index (χ0n) is 12.4. The normalized spacial score (nSPS) is 17.4. The van der Waals surface area contributed by atoms with Gasteiger partial charge in [0.2, 0.25) is 0 Å². The molecule has 0 saturated carbocycles. The molecule has 0 N–H and O–H groups in total. The van der Waals surface area contributed by atoms with Crippen LogP contribution in [0.25, 0.3) is 0 Å². The molecular formula is C12H30O2Si2. The summed E-state index contributed by atoms with van der Waals surface area (Å²) in [6.07, 6.45) is 3.30. The van der Waals surface area contributed by atoms with E-state index in [4.69, 9.17) is 8.54 Å². The number of hydrogen-bond donors (Lipinski definition) is 0. The molecule has 0 spiro atoms. The highest BCUT2D eigenvalue weighted by atomic mass is 28.4. The Hall–Kier alpha value is 0.354. The summed E-state index contributed by atoms with van der Waals surface area (Å²) in [6, 6.07) is 0. The summed E-state index contributed by atoms with van der Waals surface area (Å²) in [7, 11) is -1.30. The molecule has 0 saturated heterocycles. The molecule has 0 aliphatic rings. The summed E-state index contributed by atoms with van der Waals surface area (Å²) in [6.45, 7) is 15.6. The van der Waals surface area contributed by atoms with E-state index in [0.717, 1.165) is 29.7 Å². The second-order valence-corrected chi connectivity index (χ2v) is 10.6. The molecule has 0 amide bonds. The van der Waals surface area contributed by atoms with Crippen molar-refractivity contribution >= 4 is 19.0 Å². The average Bonchev–Trinajstić information content (AvgIpc) is 2.27. The van der Waals surface area contributed by atoms with E-state index in [2.05, 4.69) is 48.1 Å². The lowest BCUT2D eigenvalue weighted by molar-refractivity contribution is 0.0569. The average molecular weight is 263 g/mol. The highest BCUT2D eigenvalue weighted by Crippen LogP contribution is 2.46.